The molecule has 180 valence electrons. The topological polar surface area (TPSA) is 127 Å². The van der Waals surface area contributed by atoms with Crippen molar-refractivity contribution in [2.24, 2.45) is 5.41 Å². The van der Waals surface area contributed by atoms with Crippen LogP contribution in [0.2, 0.25) is 0 Å². The number of piperidine rings is 1. The number of likely N-dealkylation sites (tertiary alicyclic amines) is 2. The third-order valence-electron chi connectivity index (χ3n) is 7.79. The van der Waals surface area contributed by atoms with Crippen LogP contribution in [0.4, 0.5) is 0 Å². The molecule has 0 bridgehead atoms. The van der Waals surface area contributed by atoms with Gasteiger partial charge in [-0.25, -0.2) is 9.78 Å². The molecule has 5 rings (SSSR count). The van der Waals surface area contributed by atoms with Crippen LogP contribution in [0.1, 0.15) is 51.7 Å². The Balaban J connectivity index is 1.26. The molecule has 0 unspecified atom stereocenters. The van der Waals surface area contributed by atoms with Crippen LogP contribution in [0.3, 0.4) is 0 Å². The Kier molecular flexibility index (Phi) is 5.48. The molecule has 11 nitrogen and oxygen atoms in total. The van der Waals surface area contributed by atoms with E-state index in [0.717, 1.165) is 19.3 Å². The Bertz CT molecular complexity index is 1120. The van der Waals surface area contributed by atoms with E-state index in [-0.39, 0.29) is 18.5 Å². The van der Waals surface area contributed by atoms with Crippen LogP contribution in [0.15, 0.2) is 35.9 Å². The fourth-order valence-corrected chi connectivity index (χ4v) is 5.34. The zero-order chi connectivity index (χ0) is 24.1. The maximum atomic E-state index is 13.4. The number of ether oxygens (including phenoxy) is 1. The van der Waals surface area contributed by atoms with Gasteiger partial charge in [0.15, 0.2) is 5.82 Å². The van der Waals surface area contributed by atoms with Crippen molar-refractivity contribution in [2.45, 2.75) is 51.7 Å². The monoisotopic (exact) mass is 467 g/mol. The summed E-state index contributed by atoms with van der Waals surface area (Å²) in [7, 11) is 0. The molecule has 5 heterocycles. The summed E-state index contributed by atoms with van der Waals surface area (Å²) >= 11 is 0. The van der Waals surface area contributed by atoms with Crippen molar-refractivity contribution >= 4 is 11.9 Å². The molecule has 11 heteroatoms. The van der Waals surface area contributed by atoms with Gasteiger partial charge in [0.25, 0.3) is 0 Å². The van der Waals surface area contributed by atoms with Crippen LogP contribution in [0.25, 0.3) is 5.82 Å². The molecule has 2 fully saturated rings. The highest BCUT2D eigenvalue weighted by Gasteiger charge is 2.51. The molecule has 1 amide bonds. The summed E-state index contributed by atoms with van der Waals surface area (Å²) in [5.74, 6) is 0.331. The largest absolute Gasteiger partial charge is 0.456 e. The molecule has 0 saturated carbocycles. The predicted octanol–water partition coefficient (Wildman–Crippen LogP) is 1.01. The molecule has 0 aliphatic carbocycles. The van der Waals surface area contributed by atoms with Crippen LogP contribution in [-0.4, -0.2) is 83.8 Å². The molecule has 3 aliphatic heterocycles. The van der Waals surface area contributed by atoms with Gasteiger partial charge in [0, 0.05) is 23.8 Å². The van der Waals surface area contributed by atoms with Gasteiger partial charge in [0.1, 0.15) is 12.9 Å². The molecule has 1 N–H and O–H groups in total. The van der Waals surface area contributed by atoms with Gasteiger partial charge in [-0.05, 0) is 69.6 Å². The van der Waals surface area contributed by atoms with E-state index in [4.69, 9.17) is 4.74 Å². The number of esters is 1. The minimum Gasteiger partial charge on any atom is -0.456 e. The number of aliphatic hydroxyl groups excluding tert-OH is 1. The van der Waals surface area contributed by atoms with Gasteiger partial charge in [-0.2, -0.15) is 4.68 Å². The molecule has 1 atom stereocenters. The second-order valence-electron chi connectivity index (χ2n) is 9.88. The first-order valence-corrected chi connectivity index (χ1v) is 11.5. The van der Waals surface area contributed by atoms with Crippen molar-refractivity contribution < 1.29 is 19.4 Å². The van der Waals surface area contributed by atoms with E-state index in [1.54, 1.807) is 24.1 Å². The van der Waals surface area contributed by atoms with Crippen molar-refractivity contribution in [1.82, 2.24) is 35.0 Å². The quantitative estimate of drug-likeness (QED) is 0.641. The highest BCUT2D eigenvalue weighted by molar-refractivity contribution is 5.94. The van der Waals surface area contributed by atoms with E-state index in [2.05, 4.69) is 25.4 Å². The van der Waals surface area contributed by atoms with Crippen molar-refractivity contribution in [3.63, 3.8) is 0 Å². The Morgan fingerprint density at radius 1 is 1.15 bits per heavy atom. The molecular weight excluding hydrogens is 438 g/mol. The average Bonchev–Trinajstić information content (AvgIpc) is 3.56. The molecule has 2 saturated heterocycles. The van der Waals surface area contributed by atoms with Crippen LogP contribution in [0.5, 0.6) is 0 Å². The Hall–Kier alpha value is -3.18. The van der Waals surface area contributed by atoms with Crippen LogP contribution in [-0.2, 0) is 14.3 Å². The number of amides is 1. The Morgan fingerprint density at radius 2 is 1.88 bits per heavy atom. The summed E-state index contributed by atoms with van der Waals surface area (Å²) in [6.07, 6.45) is 4.56. The zero-order valence-corrected chi connectivity index (χ0v) is 19.6. The molecule has 3 aliphatic rings. The normalized spacial score (nSPS) is 22.1. The Morgan fingerprint density at radius 3 is 2.47 bits per heavy atom. The van der Waals surface area contributed by atoms with E-state index in [1.165, 1.54) is 11.0 Å². The average molecular weight is 468 g/mol. The van der Waals surface area contributed by atoms with E-state index in [0.29, 0.717) is 42.3 Å². The third-order valence-corrected chi connectivity index (χ3v) is 7.79. The van der Waals surface area contributed by atoms with E-state index in [1.807, 2.05) is 19.9 Å². The molecule has 34 heavy (non-hydrogen) atoms. The Labute approximate surface area is 197 Å². The van der Waals surface area contributed by atoms with Crippen LogP contribution in [0, 0.1) is 5.41 Å². The number of aliphatic hydroxyl groups is 1. The lowest BCUT2D eigenvalue weighted by Crippen LogP contribution is -2.54. The summed E-state index contributed by atoms with van der Waals surface area (Å²) in [5, 5.41) is 22.3. The van der Waals surface area contributed by atoms with Gasteiger partial charge < -0.3 is 14.7 Å². The fourth-order valence-electron chi connectivity index (χ4n) is 5.34. The molecule has 0 radical (unpaired) electrons. The number of carbonyl (C=O) groups excluding carboxylic acids is 2. The van der Waals surface area contributed by atoms with Crippen molar-refractivity contribution in [3.8, 4) is 5.82 Å². The lowest BCUT2D eigenvalue weighted by Gasteiger charge is -2.47. The smallest absolute Gasteiger partial charge is 0.336 e. The number of cyclic esters (lactones) is 1. The summed E-state index contributed by atoms with van der Waals surface area (Å²) in [5.41, 5.74) is 0.991. The standard InChI is InChI=1S/C23H29N7O4/c1-15-17(13-34-20(15)32)29-11-8-23(21(29)33)6-9-28(10-7-23)22(2,3)19(31)16-4-5-18(24-12-16)30-14-25-26-27-30/h4-5,12,14,19,31H,6-11,13H2,1-3H3/t19-/m0/s1. The zero-order valence-electron chi connectivity index (χ0n) is 19.6. The van der Waals surface area contributed by atoms with E-state index >= 15 is 0 Å². The van der Waals surface area contributed by atoms with Crippen LogP contribution < -0.4 is 0 Å². The summed E-state index contributed by atoms with van der Waals surface area (Å²) in [4.78, 5) is 33.5. The first-order valence-electron chi connectivity index (χ1n) is 11.5. The van der Waals surface area contributed by atoms with Gasteiger partial charge >= 0.3 is 5.97 Å². The fraction of sp³-hybridized carbons (Fsp3) is 0.565. The van der Waals surface area contributed by atoms with Crippen molar-refractivity contribution in [3.05, 3.63) is 41.5 Å². The first kappa shape index (κ1) is 22.6. The van der Waals surface area contributed by atoms with Crippen molar-refractivity contribution in [2.75, 3.05) is 26.2 Å². The van der Waals surface area contributed by atoms with Crippen LogP contribution >= 0.6 is 0 Å². The van der Waals surface area contributed by atoms with E-state index < -0.39 is 17.1 Å². The maximum Gasteiger partial charge on any atom is 0.336 e. The number of hydrogen-bond acceptors (Lipinski definition) is 9. The molecule has 0 aromatic carbocycles. The number of rotatable bonds is 5. The number of carbonyl (C=O) groups is 2. The minimum absolute atomic E-state index is 0.0977. The SMILES string of the molecule is CC1=C(N2CCC3(CCN(C(C)(C)[C@@H](O)c4ccc(-n5cnnn5)nc4)CC3)C2=O)COC1=O. The lowest BCUT2D eigenvalue weighted by atomic mass is 9.75. The van der Waals surface area contributed by atoms with E-state index in [9.17, 15) is 14.7 Å². The lowest BCUT2D eigenvalue weighted by molar-refractivity contribution is -0.139. The highest BCUT2D eigenvalue weighted by atomic mass is 16.5. The number of hydrogen-bond donors (Lipinski definition) is 1. The third kappa shape index (κ3) is 3.59. The van der Waals surface area contributed by atoms with Crippen molar-refractivity contribution in [1.29, 1.82) is 0 Å². The predicted molar refractivity (Wildman–Crippen MR) is 119 cm³/mol. The maximum absolute atomic E-state index is 13.4. The number of pyridine rings is 1. The molecule has 1 spiro atoms. The summed E-state index contributed by atoms with van der Waals surface area (Å²) in [6.45, 7) is 7.96. The highest BCUT2D eigenvalue weighted by Crippen LogP contribution is 2.46. The molecular formula is C23H29N7O4. The molecule has 2 aromatic heterocycles. The number of aromatic nitrogens is 5. The van der Waals surface area contributed by atoms with Gasteiger partial charge in [-0.1, -0.05) is 6.07 Å². The second kappa shape index (κ2) is 8.24. The summed E-state index contributed by atoms with van der Waals surface area (Å²) in [6, 6.07) is 3.61. The van der Waals surface area contributed by atoms with Gasteiger partial charge in [-0.15, -0.1) is 5.10 Å². The number of tetrazole rings is 1. The second-order valence-corrected chi connectivity index (χ2v) is 9.88. The number of nitrogens with zero attached hydrogens (tertiary/aromatic N) is 7. The van der Waals surface area contributed by atoms with Gasteiger partial charge in [0.05, 0.1) is 22.8 Å². The van der Waals surface area contributed by atoms with Gasteiger partial charge in [0.2, 0.25) is 5.91 Å². The molecule has 2 aromatic rings. The first-order chi connectivity index (χ1) is 16.2. The van der Waals surface area contributed by atoms with Gasteiger partial charge in [-0.3, -0.25) is 9.69 Å². The summed E-state index contributed by atoms with van der Waals surface area (Å²) < 4.78 is 6.57. The minimum atomic E-state index is -0.762.